The van der Waals surface area contributed by atoms with Crippen molar-refractivity contribution in [2.75, 3.05) is 20.3 Å². The van der Waals surface area contributed by atoms with E-state index in [0.29, 0.717) is 69.6 Å². The van der Waals surface area contributed by atoms with Gasteiger partial charge in [-0.15, -0.1) is 11.3 Å². The van der Waals surface area contributed by atoms with E-state index in [0.717, 1.165) is 11.1 Å². The van der Waals surface area contributed by atoms with E-state index in [4.69, 9.17) is 18.6 Å². The highest BCUT2D eigenvalue weighted by Gasteiger charge is 2.34. The number of methoxy groups -OCH3 is 1. The predicted octanol–water partition coefficient (Wildman–Crippen LogP) is 5.28. The topological polar surface area (TPSA) is 104 Å². The Morgan fingerprint density at radius 3 is 2.83 bits per heavy atom. The van der Waals surface area contributed by atoms with Crippen LogP contribution in [0.3, 0.4) is 0 Å². The molecule has 4 aromatic heterocycles. The molecule has 12 heteroatoms. The molecular formula is C24H23FN4O5S2. The lowest BCUT2D eigenvalue weighted by atomic mass is 9.95. The van der Waals surface area contributed by atoms with Crippen molar-refractivity contribution >= 4 is 38.6 Å². The molecular weight excluding hydrogens is 507 g/mol. The number of aromatic nitrogens is 4. The number of rotatable bonds is 7. The van der Waals surface area contributed by atoms with Crippen molar-refractivity contribution < 1.29 is 28.1 Å². The van der Waals surface area contributed by atoms with Gasteiger partial charge in [0, 0.05) is 43.6 Å². The van der Waals surface area contributed by atoms with Gasteiger partial charge in [-0.1, -0.05) is 11.3 Å². The van der Waals surface area contributed by atoms with E-state index in [-0.39, 0.29) is 6.61 Å². The second kappa shape index (κ2) is 9.11. The number of halogens is 1. The number of alkyl halides is 1. The summed E-state index contributed by atoms with van der Waals surface area (Å²) in [6.45, 7) is 2.72. The Balaban J connectivity index is 1.27. The zero-order chi connectivity index (χ0) is 24.9. The average Bonchev–Trinajstić information content (AvgIpc) is 3.65. The fourth-order valence-electron chi connectivity index (χ4n) is 4.10. The normalized spacial score (nSPS) is 16.6. The van der Waals surface area contributed by atoms with Crippen molar-refractivity contribution in [2.45, 2.75) is 38.1 Å². The average molecular weight is 531 g/mol. The summed E-state index contributed by atoms with van der Waals surface area (Å²) in [5, 5.41) is 18.9. The maximum Gasteiger partial charge on any atom is 0.212 e. The lowest BCUT2D eigenvalue weighted by Gasteiger charge is -2.29. The van der Waals surface area contributed by atoms with E-state index in [1.165, 1.54) is 29.6 Å². The molecule has 1 atom stereocenters. The fraction of sp³-hybridized carbons (Fsp3) is 0.375. The Labute approximate surface area is 213 Å². The van der Waals surface area contributed by atoms with Gasteiger partial charge in [0.25, 0.3) is 0 Å². The summed E-state index contributed by atoms with van der Waals surface area (Å²) in [6, 6.07) is 5.43. The summed E-state index contributed by atoms with van der Waals surface area (Å²) in [5.74, 6) is 1.70. The number of hydrogen-bond donors (Lipinski definition) is 1. The number of nitrogens with zero attached hydrogens (tertiary/aromatic N) is 4. The van der Waals surface area contributed by atoms with Gasteiger partial charge < -0.3 is 23.7 Å². The van der Waals surface area contributed by atoms with E-state index in [2.05, 4.69) is 15.1 Å². The van der Waals surface area contributed by atoms with E-state index >= 15 is 0 Å². The molecule has 5 heterocycles. The molecule has 0 amide bonds. The van der Waals surface area contributed by atoms with Gasteiger partial charge in [-0.05, 0) is 13.0 Å². The highest BCUT2D eigenvalue weighted by Crippen LogP contribution is 2.38. The van der Waals surface area contributed by atoms with Gasteiger partial charge >= 0.3 is 0 Å². The molecule has 0 spiro atoms. The van der Waals surface area contributed by atoms with Crippen LogP contribution < -0.4 is 9.47 Å². The summed E-state index contributed by atoms with van der Waals surface area (Å²) in [7, 11) is 1.58. The molecule has 36 heavy (non-hydrogen) atoms. The van der Waals surface area contributed by atoms with Crippen LogP contribution in [0.25, 0.3) is 27.4 Å². The van der Waals surface area contributed by atoms with E-state index in [1.807, 2.05) is 11.4 Å². The number of ether oxygens (including phenoxy) is 3. The zero-order valence-electron chi connectivity index (χ0n) is 19.6. The predicted molar refractivity (Wildman–Crippen MR) is 133 cm³/mol. The van der Waals surface area contributed by atoms with Gasteiger partial charge in [-0.2, -0.15) is 5.10 Å². The zero-order valence-corrected chi connectivity index (χ0v) is 21.2. The van der Waals surface area contributed by atoms with Gasteiger partial charge in [-0.3, -0.25) is 0 Å². The maximum absolute atomic E-state index is 13.6. The van der Waals surface area contributed by atoms with Crippen molar-refractivity contribution in [3.8, 4) is 23.0 Å². The summed E-state index contributed by atoms with van der Waals surface area (Å²) in [6.07, 6.45) is 1.63. The first-order valence-electron chi connectivity index (χ1n) is 11.4. The van der Waals surface area contributed by atoms with Crippen LogP contribution in [0, 0.1) is 0 Å². The summed E-state index contributed by atoms with van der Waals surface area (Å²) in [5.41, 5.74) is 0.951. The number of furan rings is 1. The molecule has 9 nitrogen and oxygen atoms in total. The van der Waals surface area contributed by atoms with Gasteiger partial charge in [0.2, 0.25) is 4.96 Å². The molecule has 1 fully saturated rings. The molecule has 1 aliphatic rings. The maximum atomic E-state index is 13.6. The van der Waals surface area contributed by atoms with Crippen LogP contribution in [0.1, 0.15) is 41.6 Å². The van der Waals surface area contributed by atoms with Crippen molar-refractivity contribution in [3.05, 3.63) is 45.5 Å². The highest BCUT2D eigenvalue weighted by atomic mass is 32.1. The van der Waals surface area contributed by atoms with Crippen LogP contribution in [0.2, 0.25) is 0 Å². The smallest absolute Gasteiger partial charge is 0.212 e. The molecule has 0 unspecified atom stereocenters. The third-order valence-electron chi connectivity index (χ3n) is 6.11. The molecule has 0 bridgehead atoms. The fourth-order valence-corrected chi connectivity index (χ4v) is 5.87. The number of thiazole rings is 1. The van der Waals surface area contributed by atoms with Gasteiger partial charge in [-0.25, -0.2) is 18.9 Å². The standard InChI is InChI=1S/C24H23FN4O5S2/c1-13(25)21-28-29-10-17(27-23(29)36-21)20-9-16-18(7-15(31-2)8-19(16)34-20)33-11-14-12-35-22(26-14)24(30)3-5-32-6-4-24/h7-10,12-13,30H,3-6,11H2,1-2H3/t13-/m0/s1. The SMILES string of the molecule is COc1cc(OCc2csc(C3(O)CCOCC3)n2)c2cc(-c3cn4nc([C@H](C)F)sc4n3)oc2c1. The lowest BCUT2D eigenvalue weighted by molar-refractivity contribution is -0.0681. The van der Waals surface area contributed by atoms with Crippen LogP contribution in [-0.2, 0) is 16.9 Å². The third-order valence-corrected chi connectivity index (χ3v) is 8.27. The van der Waals surface area contributed by atoms with E-state index < -0.39 is 11.8 Å². The van der Waals surface area contributed by atoms with Gasteiger partial charge in [0.15, 0.2) is 16.9 Å². The summed E-state index contributed by atoms with van der Waals surface area (Å²) in [4.78, 5) is 9.76. The Morgan fingerprint density at radius 1 is 1.25 bits per heavy atom. The van der Waals surface area contributed by atoms with E-state index in [1.54, 1.807) is 30.0 Å². The molecule has 188 valence electrons. The van der Waals surface area contributed by atoms with Crippen LogP contribution in [0.4, 0.5) is 4.39 Å². The molecule has 1 aliphatic heterocycles. The third kappa shape index (κ3) is 4.23. The van der Waals surface area contributed by atoms with Crippen LogP contribution >= 0.6 is 22.7 Å². The van der Waals surface area contributed by atoms with Crippen LogP contribution in [0.15, 0.2) is 34.2 Å². The Hall–Kier alpha value is -3.06. The van der Waals surface area contributed by atoms with Crippen LogP contribution in [0.5, 0.6) is 11.5 Å². The minimum atomic E-state index is -1.15. The molecule has 0 radical (unpaired) electrons. The number of fused-ring (bicyclic) bond motifs is 2. The first kappa shape index (κ1) is 23.3. The monoisotopic (exact) mass is 530 g/mol. The summed E-state index contributed by atoms with van der Waals surface area (Å²) >= 11 is 2.63. The molecule has 6 rings (SSSR count). The van der Waals surface area contributed by atoms with Crippen molar-refractivity contribution in [1.82, 2.24) is 19.6 Å². The van der Waals surface area contributed by atoms with Crippen LogP contribution in [-0.4, -0.2) is 45.0 Å². The molecule has 5 aromatic rings. The highest BCUT2D eigenvalue weighted by molar-refractivity contribution is 7.16. The number of imidazole rings is 1. The Kier molecular flexibility index (Phi) is 5.91. The Bertz CT molecular complexity index is 1500. The van der Waals surface area contributed by atoms with Gasteiger partial charge in [0.05, 0.1) is 24.4 Å². The minimum absolute atomic E-state index is 0.222. The quantitative estimate of drug-likeness (QED) is 0.303. The van der Waals surface area contributed by atoms with E-state index in [9.17, 15) is 9.50 Å². The molecule has 1 N–H and O–H groups in total. The molecule has 0 saturated carbocycles. The lowest BCUT2D eigenvalue weighted by Crippen LogP contribution is -2.33. The summed E-state index contributed by atoms with van der Waals surface area (Å²) < 4.78 is 38.2. The van der Waals surface area contributed by atoms with Crippen molar-refractivity contribution in [1.29, 1.82) is 0 Å². The number of benzene rings is 1. The minimum Gasteiger partial charge on any atom is -0.496 e. The largest absolute Gasteiger partial charge is 0.496 e. The molecule has 1 aromatic carbocycles. The van der Waals surface area contributed by atoms with Gasteiger partial charge in [0.1, 0.15) is 40.0 Å². The second-order valence-corrected chi connectivity index (χ2v) is 10.5. The second-order valence-electron chi connectivity index (χ2n) is 8.63. The first-order valence-corrected chi connectivity index (χ1v) is 13.1. The molecule has 1 saturated heterocycles. The number of aliphatic hydroxyl groups is 1. The van der Waals surface area contributed by atoms with Crippen molar-refractivity contribution in [2.24, 2.45) is 0 Å². The number of hydrogen-bond acceptors (Lipinski definition) is 10. The van der Waals surface area contributed by atoms with Crippen molar-refractivity contribution in [3.63, 3.8) is 0 Å². The first-order chi connectivity index (χ1) is 17.4. The molecule has 0 aliphatic carbocycles. The Morgan fingerprint density at radius 2 is 2.08 bits per heavy atom.